The van der Waals surface area contributed by atoms with Crippen molar-refractivity contribution in [1.82, 2.24) is 19.5 Å². The predicted molar refractivity (Wildman–Crippen MR) is 278 cm³/mol. The molecule has 0 radical (unpaired) electrons. The molecule has 67 heavy (non-hydrogen) atoms. The Labute approximate surface area is 389 Å². The highest BCUT2D eigenvalue weighted by Crippen LogP contribution is 2.45. The Hall–Kier alpha value is -8.41. The maximum Gasteiger partial charge on any atom is 0.164 e. The van der Waals surface area contributed by atoms with Gasteiger partial charge in [0, 0.05) is 44.8 Å². The molecule has 2 atom stereocenters. The first-order chi connectivity index (χ1) is 33.1. The summed E-state index contributed by atoms with van der Waals surface area (Å²) < 4.78 is 2.48. The van der Waals surface area contributed by atoms with E-state index in [9.17, 15) is 0 Å². The van der Waals surface area contributed by atoms with Gasteiger partial charge in [-0.15, -0.1) is 0 Å². The van der Waals surface area contributed by atoms with Crippen molar-refractivity contribution in [2.24, 2.45) is 0 Å². The van der Waals surface area contributed by atoms with Crippen LogP contribution in [0.25, 0.3) is 95.2 Å². The highest BCUT2D eigenvalue weighted by molar-refractivity contribution is 5.99. The molecule has 0 saturated carbocycles. The van der Waals surface area contributed by atoms with Crippen molar-refractivity contribution in [2.45, 2.75) is 31.6 Å². The Morgan fingerprint density at radius 1 is 0.507 bits per heavy atom. The summed E-state index contributed by atoms with van der Waals surface area (Å²) in [6, 6.07) is 69.9. The minimum absolute atomic E-state index is 0.104. The van der Waals surface area contributed by atoms with E-state index >= 15 is 0 Å². The van der Waals surface area contributed by atoms with E-state index in [-0.39, 0.29) is 5.92 Å². The number of aromatic nitrogens is 4. The second-order valence-electron chi connectivity index (χ2n) is 18.1. The molecule has 0 saturated heterocycles. The molecule has 1 N–H and O–H groups in total. The van der Waals surface area contributed by atoms with Crippen LogP contribution in [0.3, 0.4) is 0 Å². The number of hydrogen-bond acceptors (Lipinski definition) is 4. The molecule has 0 spiro atoms. The van der Waals surface area contributed by atoms with E-state index in [1.807, 2.05) is 18.2 Å². The lowest BCUT2D eigenvalue weighted by Crippen LogP contribution is -2.18. The van der Waals surface area contributed by atoms with Crippen molar-refractivity contribution in [3.8, 4) is 39.9 Å². The molecule has 5 nitrogen and oxygen atoms in total. The molecule has 2 aliphatic carbocycles. The highest BCUT2D eigenvalue weighted by atomic mass is 15.0. The maximum atomic E-state index is 5.20. The fourth-order valence-electron chi connectivity index (χ4n) is 10.7. The molecule has 5 heteroatoms. The summed E-state index contributed by atoms with van der Waals surface area (Å²) in [5.41, 5.74) is 13.9. The third kappa shape index (κ3) is 6.82. The van der Waals surface area contributed by atoms with Crippen LogP contribution in [0, 0.1) is 0 Å². The molecule has 0 bridgehead atoms. The summed E-state index contributed by atoms with van der Waals surface area (Å²) in [6.07, 6.45) is 8.79. The van der Waals surface area contributed by atoms with Gasteiger partial charge in [-0.3, -0.25) is 0 Å². The van der Waals surface area contributed by atoms with Gasteiger partial charge in [-0.05, 0) is 110 Å². The summed E-state index contributed by atoms with van der Waals surface area (Å²) in [5.74, 6) is 2.52. The van der Waals surface area contributed by atoms with E-state index < -0.39 is 0 Å². The lowest BCUT2D eigenvalue weighted by atomic mass is 9.82. The van der Waals surface area contributed by atoms with Crippen LogP contribution in [-0.4, -0.2) is 19.5 Å². The average molecular weight is 860 g/mol. The van der Waals surface area contributed by atoms with Gasteiger partial charge < -0.3 is 9.88 Å². The number of allylic oxidation sites excluding steroid dienone is 2. The molecule has 318 valence electrons. The average Bonchev–Trinajstić information content (AvgIpc) is 3.70. The zero-order valence-electron chi connectivity index (χ0n) is 37.1. The fraction of sp³-hybridized carbons (Fsp3) is 0.0806. The van der Waals surface area contributed by atoms with Crippen molar-refractivity contribution in [2.75, 3.05) is 5.32 Å². The summed E-state index contributed by atoms with van der Waals surface area (Å²) in [6.45, 7) is 2.29. The van der Waals surface area contributed by atoms with Crippen LogP contribution in [0.1, 0.15) is 53.1 Å². The number of benzene rings is 9. The van der Waals surface area contributed by atoms with Crippen LogP contribution < -0.4 is 5.32 Å². The van der Waals surface area contributed by atoms with Crippen LogP contribution in [0.5, 0.6) is 0 Å². The summed E-state index contributed by atoms with van der Waals surface area (Å²) in [5, 5.41) is 12.5. The number of hydrogen-bond donors (Lipinski definition) is 1. The van der Waals surface area contributed by atoms with Crippen LogP contribution in [0.15, 0.2) is 206 Å². The van der Waals surface area contributed by atoms with E-state index in [0.717, 1.165) is 51.7 Å². The van der Waals surface area contributed by atoms with Crippen LogP contribution in [0.2, 0.25) is 0 Å². The van der Waals surface area contributed by atoms with Crippen molar-refractivity contribution in [1.29, 1.82) is 0 Å². The number of fused-ring (bicyclic) bond motifs is 7. The van der Waals surface area contributed by atoms with Crippen molar-refractivity contribution >= 4 is 61.1 Å². The van der Waals surface area contributed by atoms with E-state index in [4.69, 9.17) is 15.0 Å². The van der Waals surface area contributed by atoms with Crippen molar-refractivity contribution < 1.29 is 0 Å². The monoisotopic (exact) mass is 859 g/mol. The molecule has 11 aromatic rings. The second kappa shape index (κ2) is 15.9. The van der Waals surface area contributed by atoms with Crippen LogP contribution in [-0.2, 0) is 6.42 Å². The Bertz CT molecular complexity index is 3820. The predicted octanol–water partition coefficient (Wildman–Crippen LogP) is 15.6. The quantitative estimate of drug-likeness (QED) is 0.173. The van der Waals surface area contributed by atoms with Gasteiger partial charge in [-0.2, -0.15) is 0 Å². The van der Waals surface area contributed by atoms with Gasteiger partial charge in [0.2, 0.25) is 0 Å². The first-order valence-electron chi connectivity index (χ1n) is 23.3. The third-order valence-electron chi connectivity index (χ3n) is 14.0. The minimum atomic E-state index is 0.104. The van der Waals surface area contributed by atoms with Gasteiger partial charge in [0.1, 0.15) is 0 Å². The summed E-state index contributed by atoms with van der Waals surface area (Å²) >= 11 is 0. The Morgan fingerprint density at radius 2 is 1.19 bits per heavy atom. The van der Waals surface area contributed by atoms with Crippen molar-refractivity contribution in [3.63, 3.8) is 0 Å². The van der Waals surface area contributed by atoms with Crippen molar-refractivity contribution in [3.05, 3.63) is 234 Å². The van der Waals surface area contributed by atoms with Crippen LogP contribution in [0.4, 0.5) is 5.69 Å². The third-order valence-corrected chi connectivity index (χ3v) is 14.0. The number of rotatable bonds is 7. The summed E-state index contributed by atoms with van der Waals surface area (Å²) in [7, 11) is 0. The molecule has 0 fully saturated rings. The highest BCUT2D eigenvalue weighted by Gasteiger charge is 2.30. The van der Waals surface area contributed by atoms with Gasteiger partial charge in [0.05, 0.1) is 16.9 Å². The fourth-order valence-corrected chi connectivity index (χ4v) is 10.7. The molecular formula is C62H45N5. The molecule has 2 aromatic heterocycles. The Kier molecular flexibility index (Phi) is 9.27. The number of nitrogens with one attached hydrogen (secondary N) is 1. The largest absolute Gasteiger partial charge is 0.358 e. The number of para-hydroxylation sites is 1. The van der Waals surface area contributed by atoms with Gasteiger partial charge in [-0.25, -0.2) is 15.0 Å². The van der Waals surface area contributed by atoms with Gasteiger partial charge >= 0.3 is 0 Å². The Balaban J connectivity index is 0.962. The number of anilines is 1. The maximum absolute atomic E-state index is 5.20. The normalized spacial score (nSPS) is 15.4. The molecule has 13 rings (SSSR count). The molecule has 2 aliphatic rings. The zero-order chi connectivity index (χ0) is 44.4. The van der Waals surface area contributed by atoms with E-state index in [2.05, 4.69) is 211 Å². The van der Waals surface area contributed by atoms with Gasteiger partial charge in [-0.1, -0.05) is 177 Å². The first kappa shape index (κ1) is 39.0. The molecule has 0 amide bonds. The minimum Gasteiger partial charge on any atom is -0.358 e. The molecule has 2 heterocycles. The van der Waals surface area contributed by atoms with Gasteiger partial charge in [0.15, 0.2) is 17.5 Å². The van der Waals surface area contributed by atoms with E-state index in [1.54, 1.807) is 0 Å². The molecule has 2 unspecified atom stereocenters. The topological polar surface area (TPSA) is 55.6 Å². The van der Waals surface area contributed by atoms with Gasteiger partial charge in [0.25, 0.3) is 0 Å². The molecular weight excluding hydrogens is 815 g/mol. The first-order valence-corrected chi connectivity index (χ1v) is 23.3. The zero-order valence-corrected chi connectivity index (χ0v) is 37.1. The lowest BCUT2D eigenvalue weighted by Gasteiger charge is -2.28. The molecule has 9 aromatic carbocycles. The van der Waals surface area contributed by atoms with E-state index in [0.29, 0.717) is 23.4 Å². The SMILES string of the molecule is CC1CC=Cc2ccc(-c3nc(-c4ccccc4)nc(-c4ccc5c(-n6c7c(c8ccccc86)CC(c6cccc8ccccc68)C(Nc6ccc8ccccc8c6)=C7)cccc5c4)n3)cc21. The Morgan fingerprint density at radius 3 is 2.06 bits per heavy atom. The second-order valence-corrected chi connectivity index (χ2v) is 18.1. The lowest BCUT2D eigenvalue weighted by molar-refractivity contribution is 0.772. The van der Waals surface area contributed by atoms with Crippen LogP contribution >= 0.6 is 0 Å². The molecule has 0 aliphatic heterocycles. The smallest absolute Gasteiger partial charge is 0.164 e. The summed E-state index contributed by atoms with van der Waals surface area (Å²) in [4.78, 5) is 15.4. The van der Waals surface area contributed by atoms with E-state index in [1.165, 1.54) is 66.1 Å². The standard InChI is InChI=1S/C62H45N5/c1-39-14-11-20-42-28-29-47(36-53(39)42)62-65-60(43-17-3-2-4-18-43)64-61(66-62)46-31-33-50-45(34-46)22-13-27-57(50)67-58-26-10-9-24-52(58)55-37-54(51-25-12-21-41-16-7-8-23-49(41)51)56(38-59(55)67)63-48-32-30-40-15-5-6-19-44(40)35-48/h2-13,15-36,38-39,54,63H,14,37H2,1H3. The number of nitrogens with zero attached hydrogens (tertiary/aromatic N) is 4.